The number of Topliss-reactive ketones (excluding diaryl/α,β-unsaturated/α-hetero) is 1. The predicted molar refractivity (Wildman–Crippen MR) is 126 cm³/mol. The van der Waals surface area contributed by atoms with Crippen LogP contribution in [0, 0.1) is 11.8 Å². The van der Waals surface area contributed by atoms with Crippen molar-refractivity contribution < 1.29 is 38.5 Å². The summed E-state index contributed by atoms with van der Waals surface area (Å²) in [5.41, 5.74) is 0.930. The molecule has 1 N–H and O–H groups in total. The molecule has 12 heteroatoms. The number of imidazole rings is 1. The Morgan fingerprint density at radius 3 is 2.64 bits per heavy atom. The van der Waals surface area contributed by atoms with Crippen molar-refractivity contribution in [3.05, 3.63) is 28.8 Å². The first-order valence-electron chi connectivity index (χ1n) is 11.9. The van der Waals surface area contributed by atoms with E-state index in [-0.39, 0.29) is 29.4 Å². The van der Waals surface area contributed by atoms with Crippen LogP contribution in [0.1, 0.15) is 61.8 Å². The van der Waals surface area contributed by atoms with Gasteiger partial charge in [0.15, 0.2) is 5.78 Å². The molecule has 0 bridgehead atoms. The molecule has 2 aromatic heterocycles. The number of ketones is 1. The highest BCUT2D eigenvalue weighted by Gasteiger charge is 2.60. The van der Waals surface area contributed by atoms with Crippen molar-refractivity contribution in [3.63, 3.8) is 0 Å². The molecule has 2 fully saturated rings. The summed E-state index contributed by atoms with van der Waals surface area (Å²) in [5, 5.41) is 10.2. The monoisotopic (exact) mass is 517 g/mol. The first-order valence-corrected chi connectivity index (χ1v) is 12.7. The number of aromatic nitrogens is 2. The first-order chi connectivity index (χ1) is 17.2. The van der Waals surface area contributed by atoms with Crippen LogP contribution in [0.5, 0.6) is 0 Å². The van der Waals surface area contributed by atoms with Crippen LogP contribution in [0.3, 0.4) is 0 Å². The van der Waals surface area contributed by atoms with Gasteiger partial charge in [0.05, 0.1) is 22.9 Å². The summed E-state index contributed by atoms with van der Waals surface area (Å²) in [6.45, 7) is 4.19. The normalized spacial score (nSPS) is 24.6. The quantitative estimate of drug-likeness (QED) is 0.254. The molecular formula is C24H27N3O8S. The van der Waals surface area contributed by atoms with E-state index in [9.17, 15) is 24.3 Å². The molecule has 36 heavy (non-hydrogen) atoms. The van der Waals surface area contributed by atoms with Crippen LogP contribution in [0.2, 0.25) is 0 Å². The summed E-state index contributed by atoms with van der Waals surface area (Å²) in [4.78, 5) is 56.8. The number of thiazole rings is 1. The smallest absolute Gasteiger partial charge is 0.431 e. The largest absolute Gasteiger partial charge is 0.511 e. The number of rotatable bonds is 7. The van der Waals surface area contributed by atoms with Gasteiger partial charge >= 0.3 is 12.1 Å². The second kappa shape index (κ2) is 9.32. The van der Waals surface area contributed by atoms with E-state index in [0.29, 0.717) is 21.0 Å². The number of hydrogen-bond acceptors (Lipinski definition) is 10. The molecule has 192 valence electrons. The van der Waals surface area contributed by atoms with Crippen LogP contribution in [-0.2, 0) is 23.8 Å². The predicted octanol–water partition coefficient (Wildman–Crippen LogP) is 2.76. The Kier molecular flexibility index (Phi) is 6.33. The molecule has 4 heterocycles. The number of hydrogen-bond donors (Lipinski definition) is 1. The Labute approximate surface area is 210 Å². The lowest BCUT2D eigenvalue weighted by molar-refractivity contribution is -0.166. The van der Waals surface area contributed by atoms with Crippen molar-refractivity contribution in [1.82, 2.24) is 14.3 Å². The molecule has 2 aromatic rings. The maximum Gasteiger partial charge on any atom is 0.511 e. The van der Waals surface area contributed by atoms with Crippen molar-refractivity contribution in [3.8, 4) is 0 Å². The molecule has 0 spiro atoms. The minimum Gasteiger partial charge on any atom is -0.431 e. The number of nitrogens with zero attached hydrogens (tertiary/aromatic N) is 3. The number of fused-ring (bicyclic) bond motifs is 2. The Morgan fingerprint density at radius 2 is 1.97 bits per heavy atom. The van der Waals surface area contributed by atoms with Crippen LogP contribution >= 0.6 is 11.3 Å². The summed E-state index contributed by atoms with van der Waals surface area (Å²) in [6.07, 6.45) is 4.82. The average Bonchev–Trinajstić information content (AvgIpc) is 3.56. The van der Waals surface area contributed by atoms with Gasteiger partial charge in [-0.25, -0.2) is 14.6 Å². The highest BCUT2D eigenvalue weighted by atomic mass is 32.1. The Morgan fingerprint density at radius 1 is 1.25 bits per heavy atom. The molecule has 0 radical (unpaired) electrons. The molecule has 5 rings (SSSR count). The minimum atomic E-state index is -0.909. The standard InChI is InChI=1S/C24H27N3O8S/c1-11-16(15-8-26-9-25-18(13(3)29)22(26)36-15)20(27-19(11)17(12(2)28)21(27)30)23(31)33-10-34-24(32)35-14-6-4-5-7-14/h8-9,11-12,14,17,19,28H,4-7,10H2,1-3H3/t11-,12+,17+,19+/m0/s1. The first kappa shape index (κ1) is 24.4. The van der Waals surface area contributed by atoms with Gasteiger partial charge in [0.1, 0.15) is 28.7 Å². The van der Waals surface area contributed by atoms with Crippen LogP contribution in [0.15, 0.2) is 18.2 Å². The van der Waals surface area contributed by atoms with Gasteiger partial charge < -0.3 is 24.2 Å². The summed E-state index contributed by atoms with van der Waals surface area (Å²) < 4.78 is 17.1. The zero-order chi connectivity index (χ0) is 25.7. The van der Waals surface area contributed by atoms with Crippen molar-refractivity contribution in [2.75, 3.05) is 6.79 Å². The van der Waals surface area contributed by atoms with E-state index in [1.807, 2.05) is 6.92 Å². The van der Waals surface area contributed by atoms with Gasteiger partial charge in [0.2, 0.25) is 12.7 Å². The summed E-state index contributed by atoms with van der Waals surface area (Å²) in [7, 11) is 0. The molecule has 1 saturated carbocycles. The number of aliphatic hydroxyl groups excluding tert-OH is 1. The van der Waals surface area contributed by atoms with Crippen LogP contribution in [0.25, 0.3) is 10.4 Å². The summed E-state index contributed by atoms with van der Waals surface area (Å²) in [6, 6.07) is -0.421. The molecule has 2 aliphatic heterocycles. The van der Waals surface area contributed by atoms with Crippen molar-refractivity contribution in [1.29, 1.82) is 0 Å². The Hall–Kier alpha value is -3.25. The van der Waals surface area contributed by atoms with E-state index < -0.39 is 37.0 Å². The number of amides is 1. The fourth-order valence-corrected chi connectivity index (χ4v) is 6.69. The third-order valence-corrected chi connectivity index (χ3v) is 8.25. The molecule has 1 saturated heterocycles. The van der Waals surface area contributed by atoms with Gasteiger partial charge in [-0.05, 0) is 32.6 Å². The van der Waals surface area contributed by atoms with Gasteiger partial charge in [-0.15, -0.1) is 11.3 Å². The molecule has 1 aliphatic carbocycles. The Bertz CT molecular complexity index is 1270. The molecule has 1 amide bonds. The van der Waals surface area contributed by atoms with Crippen LogP contribution in [-0.4, -0.2) is 68.2 Å². The van der Waals surface area contributed by atoms with Crippen molar-refractivity contribution in [2.24, 2.45) is 11.8 Å². The zero-order valence-electron chi connectivity index (χ0n) is 20.1. The van der Waals surface area contributed by atoms with E-state index >= 15 is 0 Å². The third kappa shape index (κ3) is 3.97. The lowest BCUT2D eigenvalue weighted by Crippen LogP contribution is -2.63. The topological polar surface area (TPSA) is 137 Å². The van der Waals surface area contributed by atoms with Crippen molar-refractivity contribution >= 4 is 45.6 Å². The maximum absolute atomic E-state index is 13.2. The summed E-state index contributed by atoms with van der Waals surface area (Å²) >= 11 is 1.28. The van der Waals surface area contributed by atoms with Gasteiger partial charge in [-0.3, -0.25) is 14.0 Å². The van der Waals surface area contributed by atoms with E-state index in [4.69, 9.17) is 14.2 Å². The Balaban J connectivity index is 1.41. The molecule has 0 aromatic carbocycles. The van der Waals surface area contributed by atoms with E-state index in [2.05, 4.69) is 4.98 Å². The molecule has 4 atom stereocenters. The van der Waals surface area contributed by atoms with E-state index in [0.717, 1.165) is 25.7 Å². The second-order valence-corrected chi connectivity index (χ2v) is 10.5. The van der Waals surface area contributed by atoms with Gasteiger partial charge in [-0.2, -0.15) is 0 Å². The lowest BCUT2D eigenvalue weighted by Gasteiger charge is -2.46. The summed E-state index contributed by atoms with van der Waals surface area (Å²) in [5.74, 6) is -2.34. The zero-order valence-corrected chi connectivity index (χ0v) is 20.9. The third-order valence-electron chi connectivity index (χ3n) is 7.11. The molecule has 3 aliphatic rings. The number of carbonyl (C=O) groups excluding carboxylic acids is 4. The maximum atomic E-state index is 13.2. The molecular weight excluding hydrogens is 490 g/mol. The number of aliphatic hydroxyl groups is 1. The number of esters is 1. The van der Waals surface area contributed by atoms with E-state index in [1.165, 1.54) is 29.5 Å². The fourth-order valence-electron chi connectivity index (χ4n) is 5.42. The van der Waals surface area contributed by atoms with Crippen LogP contribution < -0.4 is 0 Å². The minimum absolute atomic E-state index is 0.0454. The number of β-lactam (4-membered cyclic amide) rings is 1. The van der Waals surface area contributed by atoms with Gasteiger partial charge in [-0.1, -0.05) is 6.92 Å². The molecule has 0 unspecified atom stereocenters. The SMILES string of the molecule is CC(=O)c1ncn2cc(C3=C(C(=O)OCOC(=O)OC4CCCC4)N4C(=O)[C@H]([C@@H](C)O)[C@H]4[C@H]3C)sc12. The van der Waals surface area contributed by atoms with E-state index in [1.54, 1.807) is 17.5 Å². The van der Waals surface area contributed by atoms with Crippen LogP contribution in [0.4, 0.5) is 4.79 Å². The average molecular weight is 518 g/mol. The lowest BCUT2D eigenvalue weighted by atomic mass is 9.77. The number of carbonyl (C=O) groups is 4. The molecule has 11 nitrogen and oxygen atoms in total. The van der Waals surface area contributed by atoms with Gasteiger partial charge in [0, 0.05) is 24.6 Å². The highest BCUT2D eigenvalue weighted by molar-refractivity contribution is 7.18. The highest BCUT2D eigenvalue weighted by Crippen LogP contribution is 2.51. The second-order valence-electron chi connectivity index (χ2n) is 9.44. The number of ether oxygens (including phenoxy) is 3. The van der Waals surface area contributed by atoms with Crippen molar-refractivity contribution in [2.45, 2.75) is 64.7 Å². The van der Waals surface area contributed by atoms with Gasteiger partial charge in [0.25, 0.3) is 0 Å². The fraction of sp³-hybridized carbons (Fsp3) is 0.542.